The third-order valence-corrected chi connectivity index (χ3v) is 4.81. The van der Waals surface area contributed by atoms with Crippen LogP contribution in [0, 0.1) is 5.92 Å². The minimum atomic E-state index is -0.742. The molecule has 1 saturated heterocycles. The van der Waals surface area contributed by atoms with Gasteiger partial charge in [-0.05, 0) is 42.8 Å². The number of nitrogens with zero attached hydrogens (tertiary/aromatic N) is 1. The first-order valence-electron chi connectivity index (χ1n) is 7.06. The molecule has 1 aromatic carbocycles. The maximum atomic E-state index is 11.7. The van der Waals surface area contributed by atoms with Crippen LogP contribution in [0.5, 0.6) is 5.75 Å². The second-order valence-electron chi connectivity index (χ2n) is 6.49. The van der Waals surface area contributed by atoms with Crippen LogP contribution in [0.1, 0.15) is 32.3 Å². The Bertz CT molecular complexity index is 539. The summed E-state index contributed by atoms with van der Waals surface area (Å²) >= 11 is 3.48. The Morgan fingerprint density at radius 1 is 1.38 bits per heavy atom. The zero-order valence-electron chi connectivity index (χ0n) is 12.9. The molecule has 0 spiro atoms. The number of benzene rings is 1. The van der Waals surface area contributed by atoms with E-state index < -0.39 is 11.9 Å². The van der Waals surface area contributed by atoms with Crippen molar-refractivity contribution in [3.05, 3.63) is 28.2 Å². The molecule has 0 aromatic heterocycles. The summed E-state index contributed by atoms with van der Waals surface area (Å²) in [6, 6.07) is 5.81. The Morgan fingerprint density at radius 2 is 2.05 bits per heavy atom. The molecule has 1 aliphatic heterocycles. The average molecular weight is 356 g/mol. The first-order chi connectivity index (χ1) is 9.75. The van der Waals surface area contributed by atoms with Gasteiger partial charge in [-0.3, -0.25) is 9.69 Å². The second-order valence-corrected chi connectivity index (χ2v) is 7.34. The molecule has 2 rings (SSSR count). The van der Waals surface area contributed by atoms with E-state index in [2.05, 4.69) is 41.6 Å². The zero-order valence-corrected chi connectivity index (χ0v) is 14.5. The molecule has 0 radical (unpaired) electrons. The van der Waals surface area contributed by atoms with Gasteiger partial charge < -0.3 is 9.84 Å². The Labute approximate surface area is 134 Å². The van der Waals surface area contributed by atoms with E-state index in [1.807, 2.05) is 18.2 Å². The number of likely N-dealkylation sites (tertiary alicyclic amines) is 1. The Morgan fingerprint density at radius 3 is 2.57 bits per heavy atom. The van der Waals surface area contributed by atoms with Gasteiger partial charge in [0.2, 0.25) is 0 Å². The van der Waals surface area contributed by atoms with Gasteiger partial charge in [-0.15, -0.1) is 0 Å². The van der Waals surface area contributed by atoms with Gasteiger partial charge in [0, 0.05) is 30.1 Å². The van der Waals surface area contributed by atoms with Gasteiger partial charge in [-0.25, -0.2) is 0 Å². The topological polar surface area (TPSA) is 49.8 Å². The third-order valence-electron chi connectivity index (χ3n) is 4.19. The molecule has 116 valence electrons. The summed E-state index contributed by atoms with van der Waals surface area (Å²) in [5.41, 5.74) is 0.924. The monoisotopic (exact) mass is 355 g/mol. The maximum Gasteiger partial charge on any atom is 0.308 e. The van der Waals surface area contributed by atoms with Gasteiger partial charge in [0.25, 0.3) is 0 Å². The molecule has 1 heterocycles. The first kappa shape index (κ1) is 16.3. The van der Waals surface area contributed by atoms with Crippen LogP contribution in [-0.4, -0.2) is 41.7 Å². The van der Waals surface area contributed by atoms with Gasteiger partial charge in [-0.2, -0.15) is 0 Å². The van der Waals surface area contributed by atoms with Gasteiger partial charge in [0.05, 0.1) is 17.5 Å². The van der Waals surface area contributed by atoms with E-state index in [0.29, 0.717) is 6.54 Å². The highest BCUT2D eigenvalue weighted by Crippen LogP contribution is 2.42. The van der Waals surface area contributed by atoms with Gasteiger partial charge in [-0.1, -0.05) is 12.1 Å². The minimum Gasteiger partial charge on any atom is -0.495 e. The summed E-state index contributed by atoms with van der Waals surface area (Å²) < 4.78 is 6.34. The van der Waals surface area contributed by atoms with Crippen molar-refractivity contribution in [3.63, 3.8) is 0 Å². The number of ether oxygens (including phenoxy) is 1. The Kier molecular flexibility index (Phi) is 4.63. The van der Waals surface area contributed by atoms with Crippen molar-refractivity contribution in [1.29, 1.82) is 0 Å². The molecule has 21 heavy (non-hydrogen) atoms. The fraction of sp³-hybridized carbons (Fsp3) is 0.562. The summed E-state index contributed by atoms with van der Waals surface area (Å²) in [6.07, 6.45) is 0. The molecule has 4 nitrogen and oxygen atoms in total. The van der Waals surface area contributed by atoms with Crippen molar-refractivity contribution in [1.82, 2.24) is 4.90 Å². The number of para-hydroxylation sites is 1. The lowest BCUT2D eigenvalue weighted by Crippen LogP contribution is -2.40. The molecular formula is C16H22BrNO3. The van der Waals surface area contributed by atoms with E-state index in [0.717, 1.165) is 22.3 Å². The fourth-order valence-electron chi connectivity index (χ4n) is 2.95. The molecule has 1 aromatic rings. The fourth-order valence-corrected chi connectivity index (χ4v) is 3.49. The lowest BCUT2D eigenvalue weighted by atomic mass is 9.88. The van der Waals surface area contributed by atoms with Crippen LogP contribution in [0.2, 0.25) is 0 Å². The Hall–Kier alpha value is -1.07. The van der Waals surface area contributed by atoms with Crippen LogP contribution in [0.4, 0.5) is 0 Å². The molecule has 1 aliphatic rings. The SMILES string of the molecule is COc1c(Br)cccc1[C@@H]1CN(C(C)(C)C)C[C@H]1C(=O)O. The average Bonchev–Trinajstić information content (AvgIpc) is 2.83. The number of carboxylic acids is 1. The van der Waals surface area contributed by atoms with Crippen molar-refractivity contribution in [2.75, 3.05) is 20.2 Å². The lowest BCUT2D eigenvalue weighted by molar-refractivity contribution is -0.141. The highest BCUT2D eigenvalue weighted by Gasteiger charge is 2.43. The standard InChI is InChI=1S/C16H22BrNO3/c1-16(2,3)18-8-11(12(9-18)15(19)20)10-6-5-7-13(17)14(10)21-4/h5-7,11-12H,8-9H2,1-4H3,(H,19,20)/t11-,12+/m0/s1. The van der Waals surface area contributed by atoms with Gasteiger partial charge in [0.1, 0.15) is 5.75 Å². The van der Waals surface area contributed by atoms with Crippen LogP contribution in [0.15, 0.2) is 22.7 Å². The van der Waals surface area contributed by atoms with Crippen LogP contribution < -0.4 is 4.74 Å². The summed E-state index contributed by atoms with van der Waals surface area (Å²) in [4.78, 5) is 13.9. The van der Waals surface area contributed by atoms with Crippen molar-refractivity contribution in [3.8, 4) is 5.75 Å². The first-order valence-corrected chi connectivity index (χ1v) is 7.85. The summed E-state index contributed by atoms with van der Waals surface area (Å²) in [5, 5.41) is 9.58. The molecule has 1 fully saturated rings. The number of carboxylic acid groups (broad SMARTS) is 1. The molecule has 0 saturated carbocycles. The third kappa shape index (κ3) is 3.24. The molecule has 0 bridgehead atoms. The van der Waals surface area contributed by atoms with Crippen LogP contribution in [0.3, 0.4) is 0 Å². The second kappa shape index (κ2) is 5.97. The summed E-state index contributed by atoms with van der Waals surface area (Å²) in [6.45, 7) is 7.65. The number of rotatable bonds is 3. The van der Waals surface area contributed by atoms with Crippen LogP contribution >= 0.6 is 15.9 Å². The molecule has 0 amide bonds. The highest BCUT2D eigenvalue weighted by atomic mass is 79.9. The van der Waals surface area contributed by atoms with Gasteiger partial charge in [0.15, 0.2) is 0 Å². The van der Waals surface area contributed by atoms with Gasteiger partial charge >= 0.3 is 5.97 Å². The molecule has 0 aliphatic carbocycles. The number of halogens is 1. The number of hydrogen-bond acceptors (Lipinski definition) is 3. The van der Waals surface area contributed by atoms with E-state index in [1.54, 1.807) is 7.11 Å². The zero-order chi connectivity index (χ0) is 15.8. The minimum absolute atomic E-state index is 0.0400. The van der Waals surface area contributed by atoms with Crippen LogP contribution in [-0.2, 0) is 4.79 Å². The number of hydrogen-bond donors (Lipinski definition) is 1. The van der Waals surface area contributed by atoms with E-state index in [1.165, 1.54) is 0 Å². The van der Waals surface area contributed by atoms with E-state index >= 15 is 0 Å². The van der Waals surface area contributed by atoms with E-state index in [4.69, 9.17) is 4.74 Å². The van der Waals surface area contributed by atoms with Crippen LogP contribution in [0.25, 0.3) is 0 Å². The predicted molar refractivity (Wildman–Crippen MR) is 85.9 cm³/mol. The largest absolute Gasteiger partial charge is 0.495 e. The molecule has 2 atom stereocenters. The normalized spacial score (nSPS) is 23.3. The van der Waals surface area contributed by atoms with E-state index in [9.17, 15) is 9.90 Å². The van der Waals surface area contributed by atoms with Crippen molar-refractivity contribution < 1.29 is 14.6 Å². The molecule has 1 N–H and O–H groups in total. The van der Waals surface area contributed by atoms with Crippen molar-refractivity contribution >= 4 is 21.9 Å². The molecule has 0 unspecified atom stereocenters. The Balaban J connectivity index is 2.41. The highest BCUT2D eigenvalue weighted by molar-refractivity contribution is 9.10. The maximum absolute atomic E-state index is 11.7. The molecule has 5 heteroatoms. The number of methoxy groups -OCH3 is 1. The number of aliphatic carboxylic acids is 1. The summed E-state index contributed by atoms with van der Waals surface area (Å²) in [7, 11) is 1.62. The lowest BCUT2D eigenvalue weighted by Gasteiger charge is -2.31. The van der Waals surface area contributed by atoms with Crippen molar-refractivity contribution in [2.45, 2.75) is 32.2 Å². The predicted octanol–water partition coefficient (Wildman–Crippen LogP) is 3.36. The number of carbonyl (C=O) groups is 1. The summed E-state index contributed by atoms with van der Waals surface area (Å²) in [5.74, 6) is -0.472. The molecular weight excluding hydrogens is 334 g/mol. The van der Waals surface area contributed by atoms with E-state index in [-0.39, 0.29) is 11.5 Å². The smallest absolute Gasteiger partial charge is 0.308 e. The quantitative estimate of drug-likeness (QED) is 0.902. The van der Waals surface area contributed by atoms with Crippen molar-refractivity contribution in [2.24, 2.45) is 5.92 Å².